The van der Waals surface area contributed by atoms with Crippen LogP contribution in [0.4, 0.5) is 0 Å². The van der Waals surface area contributed by atoms with Gasteiger partial charge in [0.15, 0.2) is 0 Å². The van der Waals surface area contributed by atoms with Gasteiger partial charge in [0.25, 0.3) is 0 Å². The number of aliphatic hydroxyl groups is 1. The van der Waals surface area contributed by atoms with Gasteiger partial charge in [0.05, 0.1) is 0 Å². The number of nitrogens with two attached hydrogens (primary N) is 1. The van der Waals surface area contributed by atoms with Crippen LogP contribution in [0.3, 0.4) is 0 Å². The Kier molecular flexibility index (Phi) is 6.11. The zero-order valence-electron chi connectivity index (χ0n) is 10.2. The maximum atomic E-state index is 8.82. The standard InChI is InChI=1S/C13H20N2OS/c1-2-15(8-3-9-16)10-11-4-6-12(7-5-11)13(14)17/h4-7,16H,2-3,8-10H2,1H3,(H2,14,17). The summed E-state index contributed by atoms with van der Waals surface area (Å²) in [4.78, 5) is 2.73. The molecule has 94 valence electrons. The van der Waals surface area contributed by atoms with Crippen molar-refractivity contribution >= 4 is 17.2 Å². The highest BCUT2D eigenvalue weighted by Crippen LogP contribution is 2.08. The quantitative estimate of drug-likeness (QED) is 0.723. The minimum absolute atomic E-state index is 0.247. The molecule has 0 spiro atoms. The summed E-state index contributed by atoms with van der Waals surface area (Å²) in [7, 11) is 0. The van der Waals surface area contributed by atoms with Crippen molar-refractivity contribution < 1.29 is 5.11 Å². The van der Waals surface area contributed by atoms with Gasteiger partial charge in [-0.3, -0.25) is 4.90 Å². The fraction of sp³-hybridized carbons (Fsp3) is 0.462. The average molecular weight is 252 g/mol. The summed E-state index contributed by atoms with van der Waals surface area (Å²) in [5.74, 6) is 0. The third-order valence-corrected chi connectivity index (χ3v) is 2.96. The molecule has 17 heavy (non-hydrogen) atoms. The van der Waals surface area contributed by atoms with E-state index >= 15 is 0 Å². The average Bonchev–Trinajstić information content (AvgIpc) is 2.35. The Morgan fingerprint density at radius 3 is 2.47 bits per heavy atom. The van der Waals surface area contributed by atoms with Gasteiger partial charge in [-0.25, -0.2) is 0 Å². The maximum Gasteiger partial charge on any atom is 0.103 e. The van der Waals surface area contributed by atoms with Gasteiger partial charge in [-0.05, 0) is 18.5 Å². The Morgan fingerprint density at radius 2 is 2.00 bits per heavy atom. The van der Waals surface area contributed by atoms with Gasteiger partial charge in [-0.2, -0.15) is 0 Å². The van der Waals surface area contributed by atoms with E-state index in [4.69, 9.17) is 23.1 Å². The molecule has 3 nitrogen and oxygen atoms in total. The third kappa shape index (κ3) is 4.81. The molecule has 0 atom stereocenters. The smallest absolute Gasteiger partial charge is 0.103 e. The van der Waals surface area contributed by atoms with Crippen LogP contribution in [0.1, 0.15) is 24.5 Å². The lowest BCUT2D eigenvalue weighted by atomic mass is 10.1. The second kappa shape index (κ2) is 7.37. The largest absolute Gasteiger partial charge is 0.396 e. The molecular weight excluding hydrogens is 232 g/mol. The predicted octanol–water partition coefficient (Wildman–Crippen LogP) is 1.53. The molecule has 1 rings (SSSR count). The highest BCUT2D eigenvalue weighted by Gasteiger charge is 2.03. The van der Waals surface area contributed by atoms with Gasteiger partial charge in [-0.1, -0.05) is 43.4 Å². The van der Waals surface area contributed by atoms with E-state index in [1.807, 2.05) is 12.1 Å². The zero-order chi connectivity index (χ0) is 12.7. The first-order chi connectivity index (χ1) is 8.17. The van der Waals surface area contributed by atoms with E-state index in [-0.39, 0.29) is 6.61 Å². The molecule has 0 aliphatic rings. The van der Waals surface area contributed by atoms with Gasteiger partial charge in [0, 0.05) is 25.3 Å². The van der Waals surface area contributed by atoms with E-state index < -0.39 is 0 Å². The topological polar surface area (TPSA) is 49.5 Å². The molecule has 0 bridgehead atoms. The van der Waals surface area contributed by atoms with Crippen LogP contribution < -0.4 is 5.73 Å². The molecule has 0 amide bonds. The number of aliphatic hydroxyl groups excluding tert-OH is 1. The van der Waals surface area contributed by atoms with E-state index in [9.17, 15) is 0 Å². The number of hydrogen-bond acceptors (Lipinski definition) is 3. The van der Waals surface area contributed by atoms with E-state index in [0.717, 1.165) is 31.6 Å². The molecule has 3 N–H and O–H groups in total. The van der Waals surface area contributed by atoms with Crippen LogP contribution in [0.15, 0.2) is 24.3 Å². The van der Waals surface area contributed by atoms with Gasteiger partial charge in [0.1, 0.15) is 4.99 Å². The van der Waals surface area contributed by atoms with E-state index in [2.05, 4.69) is 24.0 Å². The Balaban J connectivity index is 2.57. The molecule has 0 fully saturated rings. The molecule has 0 radical (unpaired) electrons. The lowest BCUT2D eigenvalue weighted by Gasteiger charge is -2.20. The molecule has 0 aliphatic carbocycles. The Bertz CT molecular complexity index is 351. The summed E-state index contributed by atoms with van der Waals surface area (Å²) in [6, 6.07) is 8.02. The molecule has 0 unspecified atom stereocenters. The highest BCUT2D eigenvalue weighted by molar-refractivity contribution is 7.80. The first kappa shape index (κ1) is 14.1. The van der Waals surface area contributed by atoms with Gasteiger partial charge < -0.3 is 10.8 Å². The monoisotopic (exact) mass is 252 g/mol. The van der Waals surface area contributed by atoms with Crippen molar-refractivity contribution in [1.29, 1.82) is 0 Å². The van der Waals surface area contributed by atoms with E-state index in [1.54, 1.807) is 0 Å². The molecule has 1 aromatic rings. The van der Waals surface area contributed by atoms with Crippen molar-refractivity contribution in [1.82, 2.24) is 4.90 Å². The molecule has 0 aromatic heterocycles. The fourth-order valence-electron chi connectivity index (χ4n) is 1.68. The highest BCUT2D eigenvalue weighted by atomic mass is 32.1. The van der Waals surface area contributed by atoms with Crippen molar-refractivity contribution in [3.8, 4) is 0 Å². The second-order valence-electron chi connectivity index (χ2n) is 4.01. The van der Waals surface area contributed by atoms with Crippen LogP contribution in [0.25, 0.3) is 0 Å². The molecule has 4 heteroatoms. The normalized spacial score (nSPS) is 10.8. The van der Waals surface area contributed by atoms with Gasteiger partial charge >= 0.3 is 0 Å². The summed E-state index contributed by atoms with van der Waals surface area (Å²) in [6.07, 6.45) is 0.818. The van der Waals surface area contributed by atoms with Gasteiger partial charge in [-0.15, -0.1) is 0 Å². The fourth-order valence-corrected chi connectivity index (χ4v) is 1.81. The van der Waals surface area contributed by atoms with Crippen molar-refractivity contribution in [3.05, 3.63) is 35.4 Å². The van der Waals surface area contributed by atoms with Crippen molar-refractivity contribution in [2.45, 2.75) is 19.9 Å². The van der Waals surface area contributed by atoms with Crippen LogP contribution in [-0.4, -0.2) is 34.7 Å². The lowest BCUT2D eigenvalue weighted by molar-refractivity contribution is 0.225. The number of benzene rings is 1. The van der Waals surface area contributed by atoms with Gasteiger partial charge in [0.2, 0.25) is 0 Å². The second-order valence-corrected chi connectivity index (χ2v) is 4.45. The summed E-state index contributed by atoms with van der Waals surface area (Å²) in [5.41, 5.74) is 7.70. The molecule has 0 heterocycles. The third-order valence-electron chi connectivity index (χ3n) is 2.72. The van der Waals surface area contributed by atoms with Crippen LogP contribution in [0.2, 0.25) is 0 Å². The Labute approximate surface area is 108 Å². The van der Waals surface area contributed by atoms with Crippen LogP contribution in [0, 0.1) is 0 Å². The molecular formula is C13H20N2OS. The van der Waals surface area contributed by atoms with Crippen LogP contribution in [-0.2, 0) is 6.54 Å². The SMILES string of the molecule is CCN(CCCO)Cc1ccc(C(N)=S)cc1. The number of nitrogens with zero attached hydrogens (tertiary/aromatic N) is 1. The maximum absolute atomic E-state index is 8.82. The van der Waals surface area contributed by atoms with E-state index in [1.165, 1.54) is 5.56 Å². The van der Waals surface area contributed by atoms with Crippen LogP contribution in [0.5, 0.6) is 0 Å². The van der Waals surface area contributed by atoms with Crippen molar-refractivity contribution in [2.24, 2.45) is 5.73 Å². The molecule has 0 saturated heterocycles. The number of hydrogen-bond donors (Lipinski definition) is 2. The first-order valence-corrected chi connectivity index (χ1v) is 6.30. The van der Waals surface area contributed by atoms with E-state index in [0.29, 0.717) is 4.99 Å². The van der Waals surface area contributed by atoms with Crippen molar-refractivity contribution in [3.63, 3.8) is 0 Å². The summed E-state index contributed by atoms with van der Waals surface area (Å²) in [5, 5.41) is 8.82. The lowest BCUT2D eigenvalue weighted by Crippen LogP contribution is -2.24. The summed E-state index contributed by atoms with van der Waals surface area (Å²) >= 11 is 4.91. The predicted molar refractivity (Wildman–Crippen MR) is 75.0 cm³/mol. The minimum atomic E-state index is 0.247. The Hall–Kier alpha value is -0.970. The number of thiocarbonyl (C=S) groups is 1. The zero-order valence-corrected chi connectivity index (χ0v) is 11.0. The molecule has 0 aliphatic heterocycles. The summed E-state index contributed by atoms with van der Waals surface area (Å²) in [6.45, 7) is 5.17. The molecule has 0 saturated carbocycles. The number of rotatable bonds is 7. The van der Waals surface area contributed by atoms with Crippen LogP contribution >= 0.6 is 12.2 Å². The first-order valence-electron chi connectivity index (χ1n) is 5.89. The summed E-state index contributed by atoms with van der Waals surface area (Å²) < 4.78 is 0. The Morgan fingerprint density at radius 1 is 1.35 bits per heavy atom. The van der Waals surface area contributed by atoms with Crippen molar-refractivity contribution in [2.75, 3.05) is 19.7 Å². The molecule has 1 aromatic carbocycles. The minimum Gasteiger partial charge on any atom is -0.396 e.